The number of hydrogen-bond acceptors (Lipinski definition) is 3. The van der Waals surface area contributed by atoms with Crippen LogP contribution in [0.15, 0.2) is 12.1 Å². The fourth-order valence-electron chi connectivity index (χ4n) is 1.70. The van der Waals surface area contributed by atoms with Crippen LogP contribution in [0, 0.1) is 5.92 Å². The number of carbonyl (C=O) groups is 1. The van der Waals surface area contributed by atoms with Gasteiger partial charge in [-0.15, -0.1) is 10.2 Å². The first-order valence-electron chi connectivity index (χ1n) is 5.31. The lowest BCUT2D eigenvalue weighted by atomic mass is 9.98. The molecular formula is C11H14ClN3O. The molecule has 1 amide bonds. The third-order valence-electron chi connectivity index (χ3n) is 2.90. The predicted molar refractivity (Wildman–Crippen MR) is 61.3 cm³/mol. The molecule has 0 radical (unpaired) electrons. The van der Waals surface area contributed by atoms with Gasteiger partial charge < -0.3 is 5.32 Å². The Morgan fingerprint density at radius 1 is 1.44 bits per heavy atom. The predicted octanol–water partition coefficient (Wildman–Crippen LogP) is 2.05. The summed E-state index contributed by atoms with van der Waals surface area (Å²) in [5, 5.41) is 10.7. The smallest absolute Gasteiger partial charge is 0.272 e. The zero-order valence-electron chi connectivity index (χ0n) is 9.33. The molecule has 0 saturated heterocycles. The number of carbonyl (C=O) groups excluding carboxylic acids is 1. The van der Waals surface area contributed by atoms with Crippen molar-refractivity contribution in [3.05, 3.63) is 23.0 Å². The molecule has 1 aliphatic rings. The Kier molecular flexibility index (Phi) is 2.84. The van der Waals surface area contributed by atoms with Crippen LogP contribution in [0.5, 0.6) is 0 Å². The summed E-state index contributed by atoms with van der Waals surface area (Å²) in [4.78, 5) is 11.8. The Labute approximate surface area is 99.4 Å². The maximum atomic E-state index is 11.8. The third-order valence-corrected chi connectivity index (χ3v) is 3.10. The van der Waals surface area contributed by atoms with E-state index in [-0.39, 0.29) is 16.6 Å². The lowest BCUT2D eigenvalue weighted by molar-refractivity contribution is 0.0897. The van der Waals surface area contributed by atoms with E-state index in [0.29, 0.717) is 11.6 Å². The van der Waals surface area contributed by atoms with E-state index >= 15 is 0 Å². The number of rotatable bonds is 3. The summed E-state index contributed by atoms with van der Waals surface area (Å²) in [6.45, 7) is 4.07. The van der Waals surface area contributed by atoms with Crippen LogP contribution in [-0.2, 0) is 0 Å². The molecule has 4 nitrogen and oxygen atoms in total. The first-order chi connectivity index (χ1) is 7.49. The molecule has 1 N–H and O–H groups in total. The largest absolute Gasteiger partial charge is 0.345 e. The highest BCUT2D eigenvalue weighted by atomic mass is 35.5. The summed E-state index contributed by atoms with van der Waals surface area (Å²) in [7, 11) is 0. The van der Waals surface area contributed by atoms with Crippen LogP contribution in [-0.4, -0.2) is 21.6 Å². The van der Waals surface area contributed by atoms with Crippen LogP contribution < -0.4 is 5.32 Å². The molecule has 1 saturated carbocycles. The quantitative estimate of drug-likeness (QED) is 0.878. The maximum absolute atomic E-state index is 11.8. The van der Waals surface area contributed by atoms with Gasteiger partial charge in [-0.1, -0.05) is 11.6 Å². The highest BCUT2D eigenvalue weighted by Crippen LogP contribution is 2.39. The molecule has 1 aromatic heterocycles. The highest BCUT2D eigenvalue weighted by Gasteiger charge is 2.39. The van der Waals surface area contributed by atoms with Crippen molar-refractivity contribution in [1.82, 2.24) is 15.5 Å². The summed E-state index contributed by atoms with van der Waals surface area (Å²) in [6, 6.07) is 3.14. The van der Waals surface area contributed by atoms with Gasteiger partial charge in [-0.25, -0.2) is 0 Å². The van der Waals surface area contributed by atoms with Gasteiger partial charge in [0.05, 0.1) is 0 Å². The van der Waals surface area contributed by atoms with E-state index < -0.39 is 0 Å². The molecule has 16 heavy (non-hydrogen) atoms. The van der Waals surface area contributed by atoms with Gasteiger partial charge in [0, 0.05) is 5.54 Å². The first-order valence-corrected chi connectivity index (χ1v) is 5.68. The second-order valence-electron chi connectivity index (χ2n) is 4.69. The Morgan fingerprint density at radius 2 is 2.12 bits per heavy atom. The van der Waals surface area contributed by atoms with Gasteiger partial charge in [-0.2, -0.15) is 0 Å². The van der Waals surface area contributed by atoms with Crippen LogP contribution in [0.25, 0.3) is 0 Å². The van der Waals surface area contributed by atoms with Crippen molar-refractivity contribution in [3.8, 4) is 0 Å². The monoisotopic (exact) mass is 239 g/mol. The maximum Gasteiger partial charge on any atom is 0.272 e. The summed E-state index contributed by atoms with van der Waals surface area (Å²) >= 11 is 5.60. The first kappa shape index (κ1) is 11.3. The minimum absolute atomic E-state index is 0.168. The van der Waals surface area contributed by atoms with Gasteiger partial charge >= 0.3 is 0 Å². The van der Waals surface area contributed by atoms with Gasteiger partial charge in [-0.3, -0.25) is 4.79 Å². The van der Waals surface area contributed by atoms with E-state index in [0.717, 1.165) is 0 Å². The molecule has 1 fully saturated rings. The molecule has 5 heteroatoms. The molecule has 0 aromatic carbocycles. The van der Waals surface area contributed by atoms with E-state index in [1.54, 1.807) is 12.1 Å². The number of hydrogen-bond donors (Lipinski definition) is 1. The standard InChI is InChI=1S/C11H14ClN3O/c1-11(2,7-3-4-7)13-10(16)8-5-6-9(12)15-14-8/h5-7H,3-4H2,1-2H3,(H,13,16). The second kappa shape index (κ2) is 4.01. The van der Waals surface area contributed by atoms with Crippen molar-refractivity contribution in [2.45, 2.75) is 32.2 Å². The number of halogens is 1. The van der Waals surface area contributed by atoms with Crippen molar-refractivity contribution < 1.29 is 4.79 Å². The van der Waals surface area contributed by atoms with Crippen LogP contribution in [0.3, 0.4) is 0 Å². The zero-order valence-corrected chi connectivity index (χ0v) is 10.1. The molecule has 0 aliphatic heterocycles. The van der Waals surface area contributed by atoms with Crippen molar-refractivity contribution in [3.63, 3.8) is 0 Å². The van der Waals surface area contributed by atoms with E-state index in [9.17, 15) is 4.79 Å². The number of aromatic nitrogens is 2. The van der Waals surface area contributed by atoms with Gasteiger partial charge in [0.2, 0.25) is 0 Å². The Morgan fingerprint density at radius 3 is 2.62 bits per heavy atom. The van der Waals surface area contributed by atoms with Gasteiger partial charge in [-0.05, 0) is 44.7 Å². The second-order valence-corrected chi connectivity index (χ2v) is 5.08. The fraction of sp³-hybridized carbons (Fsp3) is 0.545. The Bertz CT molecular complexity index is 398. The third kappa shape index (κ3) is 2.50. The Hall–Kier alpha value is -1.16. The summed E-state index contributed by atoms with van der Waals surface area (Å²) in [5.41, 5.74) is 0.136. The average molecular weight is 240 g/mol. The SMILES string of the molecule is CC(C)(NC(=O)c1ccc(Cl)nn1)C1CC1. The summed E-state index contributed by atoms with van der Waals surface area (Å²) in [6.07, 6.45) is 2.36. The number of nitrogens with one attached hydrogen (secondary N) is 1. The minimum Gasteiger partial charge on any atom is -0.345 e. The van der Waals surface area contributed by atoms with Gasteiger partial charge in [0.1, 0.15) is 0 Å². The molecule has 1 aromatic rings. The van der Waals surface area contributed by atoms with Crippen LogP contribution in [0.2, 0.25) is 5.15 Å². The van der Waals surface area contributed by atoms with Crippen molar-refractivity contribution >= 4 is 17.5 Å². The van der Waals surface area contributed by atoms with Gasteiger partial charge in [0.15, 0.2) is 10.8 Å². The molecular weight excluding hydrogens is 226 g/mol. The molecule has 1 aliphatic carbocycles. The molecule has 2 rings (SSSR count). The van der Waals surface area contributed by atoms with Crippen molar-refractivity contribution in [2.24, 2.45) is 5.92 Å². The summed E-state index contributed by atoms with van der Waals surface area (Å²) < 4.78 is 0. The Balaban J connectivity index is 2.05. The van der Waals surface area contributed by atoms with Crippen molar-refractivity contribution in [1.29, 1.82) is 0 Å². The lowest BCUT2D eigenvalue weighted by Gasteiger charge is -2.25. The molecule has 1 heterocycles. The van der Waals surface area contributed by atoms with Gasteiger partial charge in [0.25, 0.3) is 5.91 Å². The fourth-order valence-corrected chi connectivity index (χ4v) is 1.80. The summed E-state index contributed by atoms with van der Waals surface area (Å²) in [5.74, 6) is 0.387. The zero-order chi connectivity index (χ0) is 11.8. The van der Waals surface area contributed by atoms with E-state index in [1.165, 1.54) is 12.8 Å². The molecule has 0 atom stereocenters. The minimum atomic E-state index is -0.193. The van der Waals surface area contributed by atoms with Crippen molar-refractivity contribution in [2.75, 3.05) is 0 Å². The average Bonchev–Trinajstić information content (AvgIpc) is 3.01. The van der Waals surface area contributed by atoms with Crippen LogP contribution >= 0.6 is 11.6 Å². The van der Waals surface area contributed by atoms with Crippen LogP contribution in [0.4, 0.5) is 0 Å². The normalized spacial score (nSPS) is 15.9. The lowest BCUT2D eigenvalue weighted by Crippen LogP contribution is -2.45. The topological polar surface area (TPSA) is 54.9 Å². The van der Waals surface area contributed by atoms with E-state index in [4.69, 9.17) is 11.6 Å². The van der Waals surface area contributed by atoms with E-state index in [2.05, 4.69) is 15.5 Å². The molecule has 0 unspecified atom stereocenters. The molecule has 0 spiro atoms. The number of amides is 1. The van der Waals surface area contributed by atoms with Crippen LogP contribution in [0.1, 0.15) is 37.2 Å². The molecule has 0 bridgehead atoms. The van der Waals surface area contributed by atoms with E-state index in [1.807, 2.05) is 13.8 Å². The number of nitrogens with zero attached hydrogens (tertiary/aromatic N) is 2. The molecule has 86 valence electrons. The highest BCUT2D eigenvalue weighted by molar-refractivity contribution is 6.29.